The van der Waals surface area contributed by atoms with Crippen LogP contribution in [0.25, 0.3) is 16.8 Å². The number of ether oxygens (including phenoxy) is 2. The molecule has 37 heavy (non-hydrogen) atoms. The minimum atomic E-state index is -0.759. The van der Waals surface area contributed by atoms with Crippen LogP contribution in [-0.4, -0.2) is 23.8 Å². The predicted molar refractivity (Wildman–Crippen MR) is 147 cm³/mol. The van der Waals surface area contributed by atoms with Crippen molar-refractivity contribution in [2.45, 2.75) is 26.8 Å². The Balaban J connectivity index is 1.79. The number of carbonyl (C=O) groups excluding carboxylic acids is 1. The molecular formula is C29H25ClN2O4S. The highest BCUT2D eigenvalue weighted by Crippen LogP contribution is 2.34. The van der Waals surface area contributed by atoms with Gasteiger partial charge in [0, 0.05) is 10.6 Å². The SMILES string of the molecule is CCOC(=O)C1=C(C)N=c2sc(=Cc3c(OCC)ccc4ccccc34)c(=O)n2C1c1ccccc1Cl. The number of thiazole rings is 1. The monoisotopic (exact) mass is 532 g/mol. The number of rotatable bonds is 6. The van der Waals surface area contributed by atoms with Gasteiger partial charge in [-0.15, -0.1) is 0 Å². The van der Waals surface area contributed by atoms with Gasteiger partial charge in [-0.1, -0.05) is 71.5 Å². The van der Waals surface area contributed by atoms with Crippen molar-refractivity contribution in [2.75, 3.05) is 13.2 Å². The van der Waals surface area contributed by atoms with E-state index in [9.17, 15) is 9.59 Å². The maximum atomic E-state index is 14.0. The lowest BCUT2D eigenvalue weighted by molar-refractivity contribution is -0.139. The molecule has 0 bridgehead atoms. The Kier molecular flexibility index (Phi) is 7.00. The van der Waals surface area contributed by atoms with E-state index in [1.165, 1.54) is 11.3 Å². The summed E-state index contributed by atoms with van der Waals surface area (Å²) < 4.78 is 13.3. The van der Waals surface area contributed by atoms with Gasteiger partial charge in [-0.25, -0.2) is 9.79 Å². The molecule has 0 saturated carbocycles. The van der Waals surface area contributed by atoms with Crippen LogP contribution in [0.15, 0.2) is 81.7 Å². The van der Waals surface area contributed by atoms with Gasteiger partial charge in [0.05, 0.1) is 29.0 Å². The first-order chi connectivity index (χ1) is 17.9. The second kappa shape index (κ2) is 10.4. The quantitative estimate of drug-likeness (QED) is 0.328. The van der Waals surface area contributed by atoms with Crippen LogP contribution in [-0.2, 0) is 9.53 Å². The van der Waals surface area contributed by atoms with Crippen LogP contribution in [0.5, 0.6) is 5.75 Å². The molecule has 0 spiro atoms. The second-order valence-corrected chi connectivity index (χ2v) is 9.87. The Labute approximate surface area is 222 Å². The molecule has 1 aromatic heterocycles. The Hall–Kier alpha value is -3.68. The van der Waals surface area contributed by atoms with Crippen molar-refractivity contribution in [3.63, 3.8) is 0 Å². The van der Waals surface area contributed by atoms with Gasteiger partial charge < -0.3 is 9.47 Å². The minimum Gasteiger partial charge on any atom is -0.493 e. The van der Waals surface area contributed by atoms with E-state index in [1.54, 1.807) is 24.5 Å². The number of esters is 1. The maximum Gasteiger partial charge on any atom is 0.338 e. The highest BCUT2D eigenvalue weighted by Gasteiger charge is 2.34. The third kappa shape index (κ3) is 4.49. The zero-order chi connectivity index (χ0) is 26.1. The summed E-state index contributed by atoms with van der Waals surface area (Å²) in [5.74, 6) is 0.175. The number of hydrogen-bond acceptors (Lipinski definition) is 6. The lowest BCUT2D eigenvalue weighted by atomic mass is 9.96. The smallest absolute Gasteiger partial charge is 0.338 e. The van der Waals surface area contributed by atoms with E-state index in [0.717, 1.165) is 16.3 Å². The number of benzene rings is 3. The van der Waals surface area contributed by atoms with Crippen molar-refractivity contribution in [2.24, 2.45) is 4.99 Å². The summed E-state index contributed by atoms with van der Waals surface area (Å²) in [5.41, 5.74) is 1.99. The molecule has 0 saturated heterocycles. The average Bonchev–Trinajstić information content (AvgIpc) is 3.19. The molecule has 6 nitrogen and oxygen atoms in total. The molecule has 8 heteroatoms. The lowest BCUT2D eigenvalue weighted by Crippen LogP contribution is -2.40. The van der Waals surface area contributed by atoms with Crippen LogP contribution in [0.1, 0.15) is 37.9 Å². The topological polar surface area (TPSA) is 69.9 Å². The summed E-state index contributed by atoms with van der Waals surface area (Å²) in [6.07, 6.45) is 1.85. The highest BCUT2D eigenvalue weighted by molar-refractivity contribution is 7.07. The number of halogens is 1. The van der Waals surface area contributed by atoms with E-state index < -0.39 is 12.0 Å². The third-order valence-electron chi connectivity index (χ3n) is 6.22. The van der Waals surface area contributed by atoms with Gasteiger partial charge in [-0.05, 0) is 55.3 Å². The molecule has 0 fully saturated rings. The normalized spacial score (nSPS) is 15.5. The van der Waals surface area contributed by atoms with Crippen molar-refractivity contribution >= 4 is 45.8 Å². The molecule has 5 rings (SSSR count). The predicted octanol–water partition coefficient (Wildman–Crippen LogP) is 5.00. The van der Waals surface area contributed by atoms with Crippen LogP contribution in [0.4, 0.5) is 0 Å². The molecule has 1 aliphatic rings. The zero-order valence-electron chi connectivity index (χ0n) is 20.7. The largest absolute Gasteiger partial charge is 0.493 e. The van der Waals surface area contributed by atoms with Crippen LogP contribution in [0, 0.1) is 0 Å². The van der Waals surface area contributed by atoms with Crippen LogP contribution in [0.3, 0.4) is 0 Å². The van der Waals surface area contributed by atoms with E-state index in [-0.39, 0.29) is 12.2 Å². The van der Waals surface area contributed by atoms with Crippen molar-refractivity contribution in [3.8, 4) is 5.75 Å². The number of fused-ring (bicyclic) bond motifs is 2. The summed E-state index contributed by atoms with van der Waals surface area (Å²) >= 11 is 7.86. The molecule has 2 heterocycles. The molecule has 0 amide bonds. The summed E-state index contributed by atoms with van der Waals surface area (Å²) in [7, 11) is 0. The number of hydrogen-bond donors (Lipinski definition) is 0. The molecule has 188 valence electrons. The second-order valence-electron chi connectivity index (χ2n) is 8.46. The number of nitrogens with zero attached hydrogens (tertiary/aromatic N) is 2. The summed E-state index contributed by atoms with van der Waals surface area (Å²) in [6, 6.07) is 18.3. The third-order valence-corrected chi connectivity index (χ3v) is 7.55. The van der Waals surface area contributed by atoms with Crippen molar-refractivity contribution in [1.29, 1.82) is 0 Å². The molecule has 1 aliphatic heterocycles. The van der Waals surface area contributed by atoms with Crippen molar-refractivity contribution in [1.82, 2.24) is 4.57 Å². The van der Waals surface area contributed by atoms with E-state index >= 15 is 0 Å². The molecule has 4 aromatic rings. The standard InChI is InChI=1S/C29H25ClN2O4S/c1-4-35-23-15-14-18-10-6-7-11-19(18)21(23)16-24-27(33)32-26(20-12-8-9-13-22(20)30)25(28(34)36-5-2)17(3)31-29(32)37-24/h6-16,26H,4-5H2,1-3H3. The first-order valence-electron chi connectivity index (χ1n) is 12.0. The summed E-state index contributed by atoms with van der Waals surface area (Å²) in [6.45, 7) is 6.13. The lowest BCUT2D eigenvalue weighted by Gasteiger charge is -2.25. The summed E-state index contributed by atoms with van der Waals surface area (Å²) in [4.78, 5) is 32.2. The van der Waals surface area contributed by atoms with Crippen molar-refractivity contribution < 1.29 is 14.3 Å². The Morgan fingerprint density at radius 1 is 1.08 bits per heavy atom. The Morgan fingerprint density at radius 2 is 1.84 bits per heavy atom. The number of aromatic nitrogens is 1. The van der Waals surface area contributed by atoms with E-state index in [1.807, 2.05) is 67.6 Å². The fourth-order valence-corrected chi connectivity index (χ4v) is 5.89. The highest BCUT2D eigenvalue weighted by atomic mass is 35.5. The van der Waals surface area contributed by atoms with Gasteiger partial charge in [-0.3, -0.25) is 9.36 Å². The van der Waals surface area contributed by atoms with Crippen LogP contribution in [0.2, 0.25) is 5.02 Å². The summed E-state index contributed by atoms with van der Waals surface area (Å²) in [5, 5.41) is 2.47. The Morgan fingerprint density at radius 3 is 2.59 bits per heavy atom. The molecule has 0 N–H and O–H groups in total. The number of carbonyl (C=O) groups is 1. The average molecular weight is 533 g/mol. The fraction of sp³-hybridized carbons (Fsp3) is 0.207. The molecule has 1 atom stereocenters. The molecule has 0 aliphatic carbocycles. The molecule has 0 radical (unpaired) electrons. The van der Waals surface area contributed by atoms with Gasteiger partial charge in [-0.2, -0.15) is 0 Å². The van der Waals surface area contributed by atoms with Gasteiger partial charge in [0.15, 0.2) is 4.80 Å². The molecule has 1 unspecified atom stereocenters. The minimum absolute atomic E-state index is 0.205. The zero-order valence-corrected chi connectivity index (χ0v) is 22.2. The first-order valence-corrected chi connectivity index (χ1v) is 13.2. The number of allylic oxidation sites excluding steroid dienone is 1. The van der Waals surface area contributed by atoms with Crippen LogP contribution >= 0.6 is 22.9 Å². The maximum absolute atomic E-state index is 14.0. The molecular weight excluding hydrogens is 508 g/mol. The van der Waals surface area contributed by atoms with E-state index in [4.69, 9.17) is 21.1 Å². The first kappa shape index (κ1) is 25.0. The van der Waals surface area contributed by atoms with E-state index in [2.05, 4.69) is 4.99 Å². The van der Waals surface area contributed by atoms with Crippen molar-refractivity contribution in [3.05, 3.63) is 108 Å². The van der Waals surface area contributed by atoms with Gasteiger partial charge in [0.2, 0.25) is 0 Å². The Bertz CT molecular complexity index is 1730. The molecule has 3 aromatic carbocycles. The fourth-order valence-electron chi connectivity index (χ4n) is 4.62. The van der Waals surface area contributed by atoms with Gasteiger partial charge >= 0.3 is 5.97 Å². The van der Waals surface area contributed by atoms with E-state index in [0.29, 0.717) is 43.5 Å². The van der Waals surface area contributed by atoms with Gasteiger partial charge in [0.1, 0.15) is 11.8 Å². The van der Waals surface area contributed by atoms with Crippen LogP contribution < -0.4 is 19.6 Å². The van der Waals surface area contributed by atoms with Gasteiger partial charge in [0.25, 0.3) is 5.56 Å².